The van der Waals surface area contributed by atoms with Gasteiger partial charge in [-0.15, -0.1) is 0 Å². The van der Waals surface area contributed by atoms with Crippen LogP contribution in [0.4, 0.5) is 5.95 Å². The van der Waals surface area contributed by atoms with Gasteiger partial charge in [0.1, 0.15) is 0 Å². The molecule has 0 aliphatic carbocycles. The molecule has 0 aromatic carbocycles. The zero-order valence-corrected chi connectivity index (χ0v) is 9.96. The summed E-state index contributed by atoms with van der Waals surface area (Å²) < 4.78 is 0. The molecule has 1 N–H and O–H groups in total. The van der Waals surface area contributed by atoms with Crippen LogP contribution in [0, 0.1) is 0 Å². The summed E-state index contributed by atoms with van der Waals surface area (Å²) in [5, 5.41) is 3.23. The number of halogens is 2. The summed E-state index contributed by atoms with van der Waals surface area (Å²) in [6.45, 7) is 0.803. The monoisotopic (exact) mass is 252 g/mol. The first kappa shape index (κ1) is 11.8. The van der Waals surface area contributed by atoms with Crippen molar-refractivity contribution in [2.75, 3.05) is 23.9 Å². The van der Waals surface area contributed by atoms with Gasteiger partial charge < -0.3 is 5.32 Å². The molecule has 0 fully saturated rings. The summed E-state index contributed by atoms with van der Waals surface area (Å²) in [7, 11) is 0. The van der Waals surface area contributed by atoms with E-state index in [1.165, 1.54) is 0 Å². The quantitative estimate of drug-likeness (QED) is 0.816. The maximum absolute atomic E-state index is 5.60. The Morgan fingerprint density at radius 2 is 1.86 bits per heavy atom. The van der Waals surface area contributed by atoms with E-state index >= 15 is 0 Å². The van der Waals surface area contributed by atoms with Gasteiger partial charge in [0.05, 0.1) is 0 Å². The van der Waals surface area contributed by atoms with E-state index in [0.717, 1.165) is 18.7 Å². The van der Waals surface area contributed by atoms with Gasteiger partial charge >= 0.3 is 0 Å². The molecule has 1 heterocycles. The number of aromatic nitrogens is 3. The molecule has 0 saturated heterocycles. The van der Waals surface area contributed by atoms with Gasteiger partial charge in [-0.25, -0.2) is 0 Å². The van der Waals surface area contributed by atoms with E-state index < -0.39 is 0 Å². The summed E-state index contributed by atoms with van der Waals surface area (Å²) >= 11 is 13.0. The largest absolute Gasteiger partial charge is 0.354 e. The molecule has 4 nitrogen and oxygen atoms in total. The number of anilines is 1. The number of nitrogens with zero attached hydrogens (tertiary/aromatic N) is 3. The molecular weight excluding hydrogens is 243 g/mol. The van der Waals surface area contributed by atoms with Crippen LogP contribution in [0.2, 0.25) is 10.6 Å². The minimum absolute atomic E-state index is 0.109. The van der Waals surface area contributed by atoms with E-state index in [-0.39, 0.29) is 10.6 Å². The Hall–Kier alpha value is -0.260. The van der Waals surface area contributed by atoms with Crippen molar-refractivity contribution in [3.05, 3.63) is 10.6 Å². The lowest BCUT2D eigenvalue weighted by Gasteiger charge is -2.03. The van der Waals surface area contributed by atoms with Crippen molar-refractivity contribution in [3.63, 3.8) is 0 Å². The number of thioether (sulfide) groups is 1. The third-order valence-corrected chi connectivity index (χ3v) is 2.42. The molecular formula is C7H10Cl2N4S. The lowest BCUT2D eigenvalue weighted by molar-refractivity contribution is 0.947. The first-order chi connectivity index (χ1) is 6.72. The van der Waals surface area contributed by atoms with Crippen LogP contribution < -0.4 is 5.32 Å². The maximum Gasteiger partial charge on any atom is 0.228 e. The molecule has 7 heteroatoms. The fraction of sp³-hybridized carbons (Fsp3) is 0.571. The van der Waals surface area contributed by atoms with Gasteiger partial charge in [0, 0.05) is 6.54 Å². The van der Waals surface area contributed by atoms with Crippen LogP contribution in [0.25, 0.3) is 0 Å². The number of nitrogens with one attached hydrogen (secondary N) is 1. The van der Waals surface area contributed by atoms with Crippen molar-refractivity contribution in [1.29, 1.82) is 0 Å². The van der Waals surface area contributed by atoms with Crippen LogP contribution >= 0.6 is 35.0 Å². The molecule has 78 valence electrons. The summed E-state index contributed by atoms with van der Waals surface area (Å²) in [6.07, 6.45) is 3.11. The highest BCUT2D eigenvalue weighted by Gasteiger charge is 2.01. The molecule has 0 spiro atoms. The normalized spacial score (nSPS) is 10.2. The smallest absolute Gasteiger partial charge is 0.228 e. The standard InChI is InChI=1S/C7H10Cl2N4S/c1-14-4-2-3-10-7-12-5(8)11-6(9)13-7/h2-4H2,1H3,(H,10,11,12,13). The fourth-order valence-corrected chi connectivity index (χ4v) is 1.62. The van der Waals surface area contributed by atoms with Crippen molar-refractivity contribution in [2.45, 2.75) is 6.42 Å². The average Bonchev–Trinajstić information content (AvgIpc) is 2.11. The minimum atomic E-state index is 0.109. The summed E-state index contributed by atoms with van der Waals surface area (Å²) in [6, 6.07) is 0. The van der Waals surface area contributed by atoms with Crippen molar-refractivity contribution in [3.8, 4) is 0 Å². The fourth-order valence-electron chi connectivity index (χ4n) is 0.822. The molecule has 0 aliphatic heterocycles. The molecule has 1 aromatic heterocycles. The summed E-state index contributed by atoms with van der Waals surface area (Å²) in [4.78, 5) is 11.4. The topological polar surface area (TPSA) is 50.7 Å². The van der Waals surface area contributed by atoms with Crippen molar-refractivity contribution >= 4 is 40.9 Å². The predicted octanol–water partition coefficient (Wildman–Crippen LogP) is 2.34. The van der Waals surface area contributed by atoms with Gasteiger partial charge in [0.25, 0.3) is 0 Å². The molecule has 0 saturated carbocycles. The van der Waals surface area contributed by atoms with Gasteiger partial charge in [-0.3, -0.25) is 0 Å². The van der Waals surface area contributed by atoms with Crippen LogP contribution in [-0.2, 0) is 0 Å². The van der Waals surface area contributed by atoms with E-state index in [4.69, 9.17) is 23.2 Å². The van der Waals surface area contributed by atoms with Crippen molar-refractivity contribution in [1.82, 2.24) is 15.0 Å². The Bertz CT molecular complexity index is 277. The van der Waals surface area contributed by atoms with Gasteiger partial charge in [-0.2, -0.15) is 26.7 Å². The molecule has 0 unspecified atom stereocenters. The Kier molecular flexibility index (Phi) is 5.29. The van der Waals surface area contributed by atoms with Crippen LogP contribution in [0.1, 0.15) is 6.42 Å². The molecule has 0 atom stereocenters. The van der Waals surface area contributed by atoms with Gasteiger partial charge in [-0.1, -0.05) is 0 Å². The van der Waals surface area contributed by atoms with Crippen LogP contribution in [-0.4, -0.2) is 33.5 Å². The first-order valence-electron chi connectivity index (χ1n) is 4.02. The second-order valence-corrected chi connectivity index (χ2v) is 4.13. The zero-order chi connectivity index (χ0) is 10.4. The number of hydrogen-bond donors (Lipinski definition) is 1. The van der Waals surface area contributed by atoms with Gasteiger partial charge in [0.2, 0.25) is 16.5 Å². The predicted molar refractivity (Wildman–Crippen MR) is 61.3 cm³/mol. The minimum Gasteiger partial charge on any atom is -0.354 e. The third kappa shape index (κ3) is 4.30. The van der Waals surface area contributed by atoms with E-state index in [1.807, 2.05) is 0 Å². The lowest BCUT2D eigenvalue weighted by Crippen LogP contribution is -2.07. The zero-order valence-electron chi connectivity index (χ0n) is 7.63. The highest BCUT2D eigenvalue weighted by molar-refractivity contribution is 7.98. The Labute approximate surface area is 96.8 Å². The Morgan fingerprint density at radius 1 is 1.21 bits per heavy atom. The summed E-state index contributed by atoms with van der Waals surface area (Å²) in [5.41, 5.74) is 0. The molecule has 0 aliphatic rings. The molecule has 1 rings (SSSR count). The number of hydrogen-bond acceptors (Lipinski definition) is 5. The average molecular weight is 253 g/mol. The SMILES string of the molecule is CSCCCNc1nc(Cl)nc(Cl)n1. The lowest BCUT2D eigenvalue weighted by atomic mass is 10.5. The summed E-state index contributed by atoms with van der Waals surface area (Å²) in [5.74, 6) is 1.52. The molecule has 0 radical (unpaired) electrons. The van der Waals surface area contributed by atoms with Crippen LogP contribution in [0.5, 0.6) is 0 Å². The van der Waals surface area contributed by atoms with Gasteiger partial charge in [-0.05, 0) is 41.6 Å². The maximum atomic E-state index is 5.60. The molecule has 1 aromatic rings. The molecule has 0 amide bonds. The van der Waals surface area contributed by atoms with E-state index in [2.05, 4.69) is 26.5 Å². The van der Waals surface area contributed by atoms with Crippen molar-refractivity contribution in [2.24, 2.45) is 0 Å². The molecule has 14 heavy (non-hydrogen) atoms. The highest BCUT2D eigenvalue weighted by Crippen LogP contribution is 2.09. The van der Waals surface area contributed by atoms with Gasteiger partial charge in [0.15, 0.2) is 0 Å². The van der Waals surface area contributed by atoms with Crippen LogP contribution in [0.15, 0.2) is 0 Å². The second-order valence-electron chi connectivity index (χ2n) is 2.47. The molecule has 0 bridgehead atoms. The van der Waals surface area contributed by atoms with Crippen LogP contribution in [0.3, 0.4) is 0 Å². The second kappa shape index (κ2) is 6.27. The van der Waals surface area contributed by atoms with E-state index in [9.17, 15) is 0 Å². The highest BCUT2D eigenvalue weighted by atomic mass is 35.5. The first-order valence-corrected chi connectivity index (χ1v) is 6.17. The van der Waals surface area contributed by atoms with Crippen molar-refractivity contribution < 1.29 is 0 Å². The van der Waals surface area contributed by atoms with E-state index in [1.54, 1.807) is 11.8 Å². The Morgan fingerprint density at radius 3 is 2.43 bits per heavy atom. The number of rotatable bonds is 5. The Balaban J connectivity index is 2.42. The van der Waals surface area contributed by atoms with E-state index in [0.29, 0.717) is 5.95 Å². The third-order valence-electron chi connectivity index (χ3n) is 1.39.